The van der Waals surface area contributed by atoms with E-state index >= 15 is 0 Å². The second-order valence-electron chi connectivity index (χ2n) is 3.26. The number of nitrogens with zero attached hydrogens (tertiary/aromatic N) is 2. The standard InChI is InChI=1S/C10H10N4O2/c1-14-5-2-7(6-8(14)15)9(16)13-10-11-3-4-12-10/h2-6H,1H3,(H2,11,12,13,16). The molecule has 6 nitrogen and oxygen atoms in total. The number of amides is 1. The van der Waals surface area contributed by atoms with Crippen molar-refractivity contribution in [3.63, 3.8) is 0 Å². The summed E-state index contributed by atoms with van der Waals surface area (Å²) < 4.78 is 1.39. The third-order valence-corrected chi connectivity index (χ3v) is 2.10. The largest absolute Gasteiger partial charge is 0.331 e. The summed E-state index contributed by atoms with van der Waals surface area (Å²) in [7, 11) is 1.62. The number of imidazole rings is 1. The summed E-state index contributed by atoms with van der Waals surface area (Å²) in [5.41, 5.74) is 0.0756. The fourth-order valence-corrected chi connectivity index (χ4v) is 1.20. The Labute approximate surface area is 90.9 Å². The first-order valence-corrected chi connectivity index (χ1v) is 4.64. The van der Waals surface area contributed by atoms with Gasteiger partial charge in [0, 0.05) is 37.3 Å². The van der Waals surface area contributed by atoms with Crippen LogP contribution in [0.5, 0.6) is 0 Å². The molecule has 0 aliphatic heterocycles. The van der Waals surface area contributed by atoms with Gasteiger partial charge < -0.3 is 9.55 Å². The van der Waals surface area contributed by atoms with Crippen molar-refractivity contribution in [1.82, 2.24) is 14.5 Å². The van der Waals surface area contributed by atoms with Crippen molar-refractivity contribution in [1.29, 1.82) is 0 Å². The van der Waals surface area contributed by atoms with Gasteiger partial charge in [0.15, 0.2) is 0 Å². The third kappa shape index (κ3) is 2.00. The molecule has 2 rings (SSSR count). The molecule has 0 bridgehead atoms. The van der Waals surface area contributed by atoms with E-state index in [1.54, 1.807) is 25.5 Å². The average molecular weight is 218 g/mol. The van der Waals surface area contributed by atoms with Gasteiger partial charge >= 0.3 is 0 Å². The molecule has 0 fully saturated rings. The molecule has 0 aliphatic rings. The van der Waals surface area contributed by atoms with Crippen molar-refractivity contribution in [2.45, 2.75) is 0 Å². The molecule has 0 unspecified atom stereocenters. The van der Waals surface area contributed by atoms with Gasteiger partial charge in [0.25, 0.3) is 11.5 Å². The first-order chi connectivity index (χ1) is 7.66. The van der Waals surface area contributed by atoms with E-state index in [-0.39, 0.29) is 11.5 Å². The maximum atomic E-state index is 11.7. The second kappa shape index (κ2) is 4.01. The molecule has 0 spiro atoms. The smallest absolute Gasteiger partial charge is 0.258 e. The zero-order valence-electron chi connectivity index (χ0n) is 8.60. The molecule has 0 aromatic carbocycles. The third-order valence-electron chi connectivity index (χ3n) is 2.10. The van der Waals surface area contributed by atoms with E-state index in [4.69, 9.17) is 0 Å². The summed E-state index contributed by atoms with van der Waals surface area (Å²) in [6, 6.07) is 2.85. The minimum atomic E-state index is -0.368. The van der Waals surface area contributed by atoms with Gasteiger partial charge in [-0.15, -0.1) is 0 Å². The van der Waals surface area contributed by atoms with Crippen molar-refractivity contribution in [3.05, 3.63) is 46.6 Å². The lowest BCUT2D eigenvalue weighted by Crippen LogP contribution is -2.20. The van der Waals surface area contributed by atoms with Crippen LogP contribution in [0.1, 0.15) is 10.4 Å². The SMILES string of the molecule is Cn1ccc(C(=O)Nc2ncc[nH]2)cc1=O. The van der Waals surface area contributed by atoms with Gasteiger partial charge in [-0.05, 0) is 6.07 Å². The Morgan fingerprint density at radius 1 is 1.56 bits per heavy atom. The molecule has 0 radical (unpaired) electrons. The van der Waals surface area contributed by atoms with Crippen molar-refractivity contribution < 1.29 is 4.79 Å². The summed E-state index contributed by atoms with van der Waals surface area (Å²) in [4.78, 5) is 29.6. The number of pyridine rings is 1. The average Bonchev–Trinajstić information content (AvgIpc) is 2.74. The highest BCUT2D eigenvalue weighted by Gasteiger charge is 2.07. The van der Waals surface area contributed by atoms with Gasteiger partial charge in [0.2, 0.25) is 5.95 Å². The molecule has 0 atom stereocenters. The normalized spacial score (nSPS) is 10.1. The predicted molar refractivity (Wildman–Crippen MR) is 58.2 cm³/mol. The van der Waals surface area contributed by atoms with Crippen LogP contribution < -0.4 is 10.9 Å². The molecule has 82 valence electrons. The Morgan fingerprint density at radius 2 is 2.38 bits per heavy atom. The van der Waals surface area contributed by atoms with Crippen molar-refractivity contribution >= 4 is 11.9 Å². The monoisotopic (exact) mass is 218 g/mol. The summed E-state index contributed by atoms with van der Waals surface area (Å²) in [6.07, 6.45) is 4.67. The van der Waals surface area contributed by atoms with E-state index in [0.29, 0.717) is 11.5 Å². The van der Waals surface area contributed by atoms with Gasteiger partial charge in [-0.25, -0.2) is 4.98 Å². The lowest BCUT2D eigenvalue weighted by Gasteiger charge is -2.02. The van der Waals surface area contributed by atoms with Crippen LogP contribution in [0.4, 0.5) is 5.95 Å². The number of carbonyl (C=O) groups excluding carboxylic acids is 1. The fraction of sp³-hybridized carbons (Fsp3) is 0.100. The number of carbonyl (C=O) groups is 1. The van der Waals surface area contributed by atoms with Gasteiger partial charge in [0.05, 0.1) is 0 Å². The minimum Gasteiger partial charge on any atom is -0.331 e. The van der Waals surface area contributed by atoms with Gasteiger partial charge in [-0.3, -0.25) is 14.9 Å². The molecule has 6 heteroatoms. The highest BCUT2D eigenvalue weighted by molar-refractivity contribution is 6.03. The number of H-pyrrole nitrogens is 1. The maximum absolute atomic E-state index is 11.7. The highest BCUT2D eigenvalue weighted by Crippen LogP contribution is 2.00. The van der Waals surface area contributed by atoms with Crippen LogP contribution in [0.15, 0.2) is 35.5 Å². The van der Waals surface area contributed by atoms with Crippen LogP contribution in [0.2, 0.25) is 0 Å². The Bertz CT molecular complexity index is 556. The molecular weight excluding hydrogens is 208 g/mol. The van der Waals surface area contributed by atoms with Crippen LogP contribution in [0.25, 0.3) is 0 Å². The lowest BCUT2D eigenvalue weighted by atomic mass is 10.2. The number of hydrogen-bond acceptors (Lipinski definition) is 3. The lowest BCUT2D eigenvalue weighted by molar-refractivity contribution is 0.102. The van der Waals surface area contributed by atoms with Crippen LogP contribution in [-0.2, 0) is 7.05 Å². The number of nitrogens with one attached hydrogen (secondary N) is 2. The molecule has 1 amide bonds. The number of hydrogen-bond donors (Lipinski definition) is 2. The van der Waals surface area contributed by atoms with Gasteiger partial charge in [-0.2, -0.15) is 0 Å². The molecule has 0 aliphatic carbocycles. The topological polar surface area (TPSA) is 79.8 Å². The first kappa shape index (κ1) is 10.2. The fourth-order valence-electron chi connectivity index (χ4n) is 1.20. The zero-order chi connectivity index (χ0) is 11.5. The summed E-state index contributed by atoms with van der Waals surface area (Å²) in [5, 5.41) is 2.53. The maximum Gasteiger partial charge on any atom is 0.258 e. The Balaban J connectivity index is 2.21. The molecule has 2 N–H and O–H groups in total. The second-order valence-corrected chi connectivity index (χ2v) is 3.26. The molecule has 2 heterocycles. The summed E-state index contributed by atoms with van der Waals surface area (Å²) in [6.45, 7) is 0. The van der Waals surface area contributed by atoms with Crippen LogP contribution in [-0.4, -0.2) is 20.4 Å². The molecule has 0 saturated carbocycles. The van der Waals surface area contributed by atoms with E-state index in [2.05, 4.69) is 15.3 Å². The Morgan fingerprint density at radius 3 is 3.00 bits per heavy atom. The Kier molecular flexibility index (Phi) is 2.55. The quantitative estimate of drug-likeness (QED) is 0.763. The number of aromatic amines is 1. The molecule has 16 heavy (non-hydrogen) atoms. The van der Waals surface area contributed by atoms with E-state index in [1.807, 2.05) is 0 Å². The van der Waals surface area contributed by atoms with Crippen LogP contribution in [0.3, 0.4) is 0 Å². The van der Waals surface area contributed by atoms with Gasteiger partial charge in [-0.1, -0.05) is 0 Å². The van der Waals surface area contributed by atoms with E-state index in [1.165, 1.54) is 16.8 Å². The van der Waals surface area contributed by atoms with E-state index in [9.17, 15) is 9.59 Å². The zero-order valence-corrected chi connectivity index (χ0v) is 8.60. The number of rotatable bonds is 2. The molecular formula is C10H10N4O2. The Hall–Kier alpha value is -2.37. The van der Waals surface area contributed by atoms with Crippen LogP contribution in [0, 0.1) is 0 Å². The minimum absolute atomic E-state index is 0.230. The van der Waals surface area contributed by atoms with Gasteiger partial charge in [0.1, 0.15) is 0 Å². The van der Waals surface area contributed by atoms with Crippen molar-refractivity contribution in [2.75, 3.05) is 5.32 Å². The number of aryl methyl sites for hydroxylation is 1. The van der Waals surface area contributed by atoms with E-state index in [0.717, 1.165) is 0 Å². The van der Waals surface area contributed by atoms with Crippen LogP contribution >= 0.6 is 0 Å². The van der Waals surface area contributed by atoms with E-state index < -0.39 is 0 Å². The summed E-state index contributed by atoms with van der Waals surface area (Å²) in [5.74, 6) is -0.0154. The number of aromatic nitrogens is 3. The summed E-state index contributed by atoms with van der Waals surface area (Å²) >= 11 is 0. The molecule has 2 aromatic heterocycles. The highest BCUT2D eigenvalue weighted by atomic mass is 16.2. The van der Waals surface area contributed by atoms with Crippen molar-refractivity contribution in [3.8, 4) is 0 Å². The first-order valence-electron chi connectivity index (χ1n) is 4.64. The molecule has 2 aromatic rings. The van der Waals surface area contributed by atoms with Crippen molar-refractivity contribution in [2.24, 2.45) is 7.05 Å². The molecule has 0 saturated heterocycles. The predicted octanol–water partition coefficient (Wildman–Crippen LogP) is 0.361. The number of anilines is 1.